The summed E-state index contributed by atoms with van der Waals surface area (Å²) in [7, 11) is 0. The van der Waals surface area contributed by atoms with Gasteiger partial charge < -0.3 is 5.73 Å². The van der Waals surface area contributed by atoms with E-state index in [2.05, 4.69) is 30.3 Å². The van der Waals surface area contributed by atoms with E-state index in [1.165, 1.54) is 69.8 Å². The third-order valence-corrected chi connectivity index (χ3v) is 5.86. The average Bonchev–Trinajstić information content (AvgIpc) is 2.79. The van der Waals surface area contributed by atoms with Crippen LogP contribution in [0.4, 0.5) is 0 Å². The Kier molecular flexibility index (Phi) is 4.45. The van der Waals surface area contributed by atoms with Crippen molar-refractivity contribution in [1.82, 2.24) is 0 Å². The Bertz CT molecular complexity index is 395. The molecule has 2 fully saturated rings. The SMILES string of the molecule is NC1(C2CCCCCC2)CCC(c2ccccc2)CC1. The fraction of sp³-hybridized carbons (Fsp3) is 0.684. The van der Waals surface area contributed by atoms with Gasteiger partial charge in [-0.3, -0.25) is 0 Å². The molecule has 3 rings (SSSR count). The van der Waals surface area contributed by atoms with E-state index in [4.69, 9.17) is 5.73 Å². The van der Waals surface area contributed by atoms with Crippen LogP contribution in [0.25, 0.3) is 0 Å². The van der Waals surface area contributed by atoms with Crippen molar-refractivity contribution >= 4 is 0 Å². The van der Waals surface area contributed by atoms with Gasteiger partial charge in [0, 0.05) is 5.54 Å². The summed E-state index contributed by atoms with van der Waals surface area (Å²) in [5.74, 6) is 1.54. The highest BCUT2D eigenvalue weighted by molar-refractivity contribution is 5.20. The third kappa shape index (κ3) is 3.09. The summed E-state index contributed by atoms with van der Waals surface area (Å²) < 4.78 is 0. The van der Waals surface area contributed by atoms with Gasteiger partial charge in [0.2, 0.25) is 0 Å². The third-order valence-electron chi connectivity index (χ3n) is 5.86. The van der Waals surface area contributed by atoms with Crippen molar-refractivity contribution in [2.75, 3.05) is 0 Å². The number of hydrogen-bond acceptors (Lipinski definition) is 1. The lowest BCUT2D eigenvalue weighted by Gasteiger charge is -2.43. The van der Waals surface area contributed by atoms with Crippen molar-refractivity contribution < 1.29 is 0 Å². The molecule has 2 saturated carbocycles. The smallest absolute Gasteiger partial charge is 0.0183 e. The van der Waals surface area contributed by atoms with E-state index in [9.17, 15) is 0 Å². The van der Waals surface area contributed by atoms with Crippen LogP contribution in [0.5, 0.6) is 0 Å². The van der Waals surface area contributed by atoms with E-state index in [1.54, 1.807) is 0 Å². The van der Waals surface area contributed by atoms with Crippen LogP contribution >= 0.6 is 0 Å². The van der Waals surface area contributed by atoms with Crippen molar-refractivity contribution in [2.24, 2.45) is 11.7 Å². The monoisotopic (exact) mass is 271 g/mol. The molecule has 1 heteroatoms. The maximum atomic E-state index is 6.84. The van der Waals surface area contributed by atoms with E-state index in [0.717, 1.165) is 11.8 Å². The normalized spacial score (nSPS) is 32.8. The molecule has 0 heterocycles. The molecular weight excluding hydrogens is 242 g/mol. The standard InChI is InChI=1S/C19H29N/c20-19(18-10-6-1-2-7-11-18)14-12-17(13-15-19)16-8-4-3-5-9-16/h3-5,8-9,17-18H,1-2,6-7,10-15,20H2. The molecule has 2 aliphatic rings. The molecule has 1 nitrogen and oxygen atoms in total. The lowest BCUT2D eigenvalue weighted by Crippen LogP contribution is -2.49. The molecule has 1 aromatic carbocycles. The second-order valence-electron chi connectivity index (χ2n) is 7.11. The van der Waals surface area contributed by atoms with Crippen LogP contribution < -0.4 is 5.73 Å². The minimum atomic E-state index is 0.148. The molecule has 0 atom stereocenters. The lowest BCUT2D eigenvalue weighted by atomic mass is 9.67. The predicted octanol–water partition coefficient (Wildman–Crippen LogP) is 5.01. The van der Waals surface area contributed by atoms with Gasteiger partial charge in [0.05, 0.1) is 0 Å². The van der Waals surface area contributed by atoms with Crippen LogP contribution in [-0.2, 0) is 0 Å². The maximum Gasteiger partial charge on any atom is 0.0183 e. The molecule has 2 N–H and O–H groups in total. The Balaban J connectivity index is 1.62. The number of nitrogens with two attached hydrogens (primary N) is 1. The Labute approximate surface area is 124 Å². The molecule has 110 valence electrons. The Morgan fingerprint density at radius 3 is 2.00 bits per heavy atom. The largest absolute Gasteiger partial charge is 0.325 e. The molecule has 1 aromatic rings. The second-order valence-corrected chi connectivity index (χ2v) is 7.11. The number of hydrogen-bond donors (Lipinski definition) is 1. The molecule has 0 amide bonds. The highest BCUT2D eigenvalue weighted by Gasteiger charge is 2.38. The van der Waals surface area contributed by atoms with Gasteiger partial charge in [-0.2, -0.15) is 0 Å². The first-order valence-electron chi connectivity index (χ1n) is 8.62. The van der Waals surface area contributed by atoms with Crippen LogP contribution in [0.15, 0.2) is 30.3 Å². The first-order valence-corrected chi connectivity index (χ1v) is 8.62. The van der Waals surface area contributed by atoms with Crippen LogP contribution in [0.2, 0.25) is 0 Å². The molecular formula is C19H29N. The van der Waals surface area contributed by atoms with Crippen molar-refractivity contribution in [3.8, 4) is 0 Å². The molecule has 0 saturated heterocycles. The summed E-state index contributed by atoms with van der Waals surface area (Å²) >= 11 is 0. The zero-order valence-electron chi connectivity index (χ0n) is 12.7. The molecule has 0 aliphatic heterocycles. The van der Waals surface area contributed by atoms with Gasteiger partial charge in [-0.25, -0.2) is 0 Å². The Morgan fingerprint density at radius 2 is 1.40 bits per heavy atom. The molecule has 0 aromatic heterocycles. The molecule has 0 radical (unpaired) electrons. The van der Waals surface area contributed by atoms with Crippen molar-refractivity contribution in [2.45, 2.75) is 75.7 Å². The van der Waals surface area contributed by atoms with E-state index >= 15 is 0 Å². The molecule has 2 aliphatic carbocycles. The quantitative estimate of drug-likeness (QED) is 0.752. The van der Waals surface area contributed by atoms with Crippen LogP contribution in [0.1, 0.15) is 75.7 Å². The lowest BCUT2D eigenvalue weighted by molar-refractivity contribution is 0.167. The Hall–Kier alpha value is -0.820. The zero-order valence-corrected chi connectivity index (χ0v) is 12.7. The fourth-order valence-electron chi connectivity index (χ4n) is 4.48. The highest BCUT2D eigenvalue weighted by atomic mass is 14.8. The van der Waals surface area contributed by atoms with E-state index in [0.29, 0.717) is 0 Å². The maximum absolute atomic E-state index is 6.84. The first-order chi connectivity index (χ1) is 9.78. The van der Waals surface area contributed by atoms with Crippen molar-refractivity contribution in [1.29, 1.82) is 0 Å². The summed E-state index contributed by atoms with van der Waals surface area (Å²) in [5.41, 5.74) is 8.52. The van der Waals surface area contributed by atoms with Gasteiger partial charge in [0.1, 0.15) is 0 Å². The van der Waals surface area contributed by atoms with Gasteiger partial charge in [-0.15, -0.1) is 0 Å². The van der Waals surface area contributed by atoms with Gasteiger partial charge in [0.25, 0.3) is 0 Å². The van der Waals surface area contributed by atoms with Crippen molar-refractivity contribution in [3.63, 3.8) is 0 Å². The minimum absolute atomic E-state index is 0.148. The Morgan fingerprint density at radius 1 is 0.800 bits per heavy atom. The first kappa shape index (κ1) is 14.1. The summed E-state index contributed by atoms with van der Waals surface area (Å²) in [6, 6.07) is 11.0. The second kappa shape index (κ2) is 6.30. The van der Waals surface area contributed by atoms with Gasteiger partial charge in [-0.05, 0) is 55.9 Å². The fourth-order valence-corrected chi connectivity index (χ4v) is 4.48. The molecule has 0 bridgehead atoms. The van der Waals surface area contributed by atoms with Crippen LogP contribution in [0, 0.1) is 5.92 Å². The molecule has 20 heavy (non-hydrogen) atoms. The van der Waals surface area contributed by atoms with Crippen molar-refractivity contribution in [3.05, 3.63) is 35.9 Å². The van der Waals surface area contributed by atoms with E-state index < -0.39 is 0 Å². The van der Waals surface area contributed by atoms with Crippen LogP contribution in [-0.4, -0.2) is 5.54 Å². The zero-order chi connectivity index (χ0) is 13.8. The van der Waals surface area contributed by atoms with E-state index in [1.807, 2.05) is 0 Å². The molecule has 0 unspecified atom stereocenters. The summed E-state index contributed by atoms with van der Waals surface area (Å²) in [5, 5.41) is 0. The van der Waals surface area contributed by atoms with Gasteiger partial charge in [-0.1, -0.05) is 56.0 Å². The summed E-state index contributed by atoms with van der Waals surface area (Å²) in [4.78, 5) is 0. The minimum Gasteiger partial charge on any atom is -0.325 e. The number of benzene rings is 1. The summed E-state index contributed by atoms with van der Waals surface area (Å²) in [6.07, 6.45) is 13.5. The summed E-state index contributed by atoms with van der Waals surface area (Å²) in [6.45, 7) is 0. The molecule has 0 spiro atoms. The van der Waals surface area contributed by atoms with Gasteiger partial charge >= 0.3 is 0 Å². The average molecular weight is 271 g/mol. The predicted molar refractivity (Wildman–Crippen MR) is 85.8 cm³/mol. The number of rotatable bonds is 2. The van der Waals surface area contributed by atoms with Crippen LogP contribution in [0.3, 0.4) is 0 Å². The highest BCUT2D eigenvalue weighted by Crippen LogP contribution is 2.43. The van der Waals surface area contributed by atoms with Gasteiger partial charge in [0.15, 0.2) is 0 Å². The van der Waals surface area contributed by atoms with E-state index in [-0.39, 0.29) is 5.54 Å². The topological polar surface area (TPSA) is 26.0 Å².